The predicted octanol–water partition coefficient (Wildman–Crippen LogP) is 2.50. The normalized spacial score (nSPS) is 17.1. The van der Waals surface area contributed by atoms with Gasteiger partial charge < -0.3 is 9.47 Å². The summed E-state index contributed by atoms with van der Waals surface area (Å²) in [6.45, 7) is 1.86. The molecule has 108 valence electrons. The first-order chi connectivity index (χ1) is 10.2. The lowest BCUT2D eigenvalue weighted by Crippen LogP contribution is -2.32. The third-order valence-electron chi connectivity index (χ3n) is 3.88. The van der Waals surface area contributed by atoms with E-state index in [9.17, 15) is 0 Å². The number of fused-ring (bicyclic) bond motifs is 1. The molecule has 0 saturated heterocycles. The molecule has 0 aromatic carbocycles. The van der Waals surface area contributed by atoms with Crippen LogP contribution in [0.1, 0.15) is 17.8 Å². The van der Waals surface area contributed by atoms with E-state index in [-0.39, 0.29) is 0 Å². The van der Waals surface area contributed by atoms with E-state index in [0.717, 1.165) is 31.7 Å². The Morgan fingerprint density at radius 1 is 1.52 bits per heavy atom. The number of aryl methyl sites for hydroxylation is 1. The largest absolute Gasteiger partial charge is 0.358 e. The van der Waals surface area contributed by atoms with E-state index in [1.165, 1.54) is 5.82 Å². The van der Waals surface area contributed by atoms with Gasteiger partial charge >= 0.3 is 0 Å². The van der Waals surface area contributed by atoms with Crippen molar-refractivity contribution in [1.82, 2.24) is 14.5 Å². The van der Waals surface area contributed by atoms with Gasteiger partial charge in [-0.1, -0.05) is 11.6 Å². The first-order valence-corrected chi connectivity index (χ1v) is 7.32. The van der Waals surface area contributed by atoms with Crippen LogP contribution >= 0.6 is 11.6 Å². The number of nitriles is 1. The molecular weight excluding hydrogens is 286 g/mol. The van der Waals surface area contributed by atoms with Crippen molar-refractivity contribution in [2.75, 3.05) is 18.5 Å². The molecule has 6 heteroatoms. The van der Waals surface area contributed by atoms with Gasteiger partial charge in [-0.2, -0.15) is 5.26 Å². The molecule has 1 aliphatic rings. The molecule has 0 fully saturated rings. The second-order valence-electron chi connectivity index (χ2n) is 5.42. The molecule has 0 N–H and O–H groups in total. The summed E-state index contributed by atoms with van der Waals surface area (Å²) >= 11 is 6.21. The fourth-order valence-electron chi connectivity index (χ4n) is 2.83. The zero-order chi connectivity index (χ0) is 14.8. The van der Waals surface area contributed by atoms with E-state index in [1.54, 1.807) is 12.3 Å². The minimum Gasteiger partial charge on any atom is -0.358 e. The predicted molar refractivity (Wildman–Crippen MR) is 81.3 cm³/mol. The van der Waals surface area contributed by atoms with Crippen LogP contribution in [0, 0.1) is 17.2 Å². The Morgan fingerprint density at radius 2 is 2.38 bits per heavy atom. The Bertz CT molecular complexity index is 688. The van der Waals surface area contributed by atoms with Gasteiger partial charge in [0.25, 0.3) is 0 Å². The number of pyridine rings is 1. The molecular formula is C15H16ClN5. The molecule has 2 aromatic rings. The Hall–Kier alpha value is -2.06. The monoisotopic (exact) mass is 301 g/mol. The lowest BCUT2D eigenvalue weighted by atomic mass is 9.99. The molecule has 0 radical (unpaired) electrons. The van der Waals surface area contributed by atoms with Gasteiger partial charge in [0.05, 0.1) is 10.6 Å². The third-order valence-corrected chi connectivity index (χ3v) is 4.16. The van der Waals surface area contributed by atoms with Gasteiger partial charge in [0.1, 0.15) is 17.7 Å². The van der Waals surface area contributed by atoms with E-state index >= 15 is 0 Å². The smallest absolute Gasteiger partial charge is 0.147 e. The Balaban J connectivity index is 1.70. The van der Waals surface area contributed by atoms with Crippen LogP contribution in [0.25, 0.3) is 0 Å². The molecule has 0 saturated carbocycles. The minimum absolute atomic E-state index is 0.484. The fourth-order valence-corrected chi connectivity index (χ4v) is 3.14. The molecule has 21 heavy (non-hydrogen) atoms. The Labute approximate surface area is 128 Å². The van der Waals surface area contributed by atoms with E-state index in [4.69, 9.17) is 16.9 Å². The van der Waals surface area contributed by atoms with Gasteiger partial charge in [0.2, 0.25) is 0 Å². The summed E-state index contributed by atoms with van der Waals surface area (Å²) in [7, 11) is 1.99. The second-order valence-corrected chi connectivity index (χ2v) is 5.83. The van der Waals surface area contributed by atoms with Gasteiger partial charge in [-0.3, -0.25) is 0 Å². The van der Waals surface area contributed by atoms with Gasteiger partial charge in [-0.05, 0) is 18.4 Å². The fraction of sp³-hybridized carbons (Fsp3) is 0.400. The zero-order valence-corrected chi connectivity index (χ0v) is 12.6. The molecule has 0 bridgehead atoms. The van der Waals surface area contributed by atoms with Crippen LogP contribution in [0.3, 0.4) is 0 Å². The number of rotatable bonds is 3. The minimum atomic E-state index is 0.484. The molecule has 2 aromatic heterocycles. The van der Waals surface area contributed by atoms with Crippen molar-refractivity contribution in [3.8, 4) is 6.07 Å². The first-order valence-electron chi connectivity index (χ1n) is 6.94. The number of anilines is 1. The van der Waals surface area contributed by atoms with E-state index in [0.29, 0.717) is 16.5 Å². The maximum Gasteiger partial charge on any atom is 0.147 e. The molecule has 5 nitrogen and oxygen atoms in total. The van der Waals surface area contributed by atoms with Crippen molar-refractivity contribution in [2.45, 2.75) is 19.4 Å². The lowest BCUT2D eigenvalue weighted by molar-refractivity contribution is 0.368. The van der Waals surface area contributed by atoms with E-state index in [2.05, 4.69) is 19.4 Å². The molecule has 0 unspecified atom stereocenters. The quantitative estimate of drug-likeness (QED) is 0.874. The lowest BCUT2D eigenvalue weighted by Gasteiger charge is -2.29. The average Bonchev–Trinajstić information content (AvgIpc) is 2.94. The van der Waals surface area contributed by atoms with Crippen LogP contribution in [0.2, 0.25) is 5.02 Å². The van der Waals surface area contributed by atoms with Gasteiger partial charge in [-0.15, -0.1) is 0 Å². The number of hydrogen-bond donors (Lipinski definition) is 0. The van der Waals surface area contributed by atoms with E-state index < -0.39 is 0 Å². The highest BCUT2D eigenvalue weighted by atomic mass is 35.5. The Morgan fingerprint density at radius 3 is 3.14 bits per heavy atom. The van der Waals surface area contributed by atoms with Crippen LogP contribution in [0.4, 0.5) is 5.82 Å². The summed E-state index contributed by atoms with van der Waals surface area (Å²) in [6, 6.07) is 3.71. The van der Waals surface area contributed by atoms with Crippen LogP contribution in [-0.2, 0) is 13.0 Å². The van der Waals surface area contributed by atoms with Crippen LogP contribution < -0.4 is 4.90 Å². The number of imidazole rings is 1. The van der Waals surface area contributed by atoms with Crippen molar-refractivity contribution in [1.29, 1.82) is 5.26 Å². The van der Waals surface area contributed by atoms with Crippen LogP contribution in [0.5, 0.6) is 0 Å². The molecule has 0 spiro atoms. The summed E-state index contributed by atoms with van der Waals surface area (Å²) in [5.41, 5.74) is 0.484. The summed E-state index contributed by atoms with van der Waals surface area (Å²) in [4.78, 5) is 10.7. The highest BCUT2D eigenvalue weighted by Gasteiger charge is 2.21. The van der Waals surface area contributed by atoms with Crippen molar-refractivity contribution in [3.63, 3.8) is 0 Å². The maximum absolute atomic E-state index is 8.85. The molecule has 0 aliphatic carbocycles. The topological polar surface area (TPSA) is 57.7 Å². The van der Waals surface area contributed by atoms with Crippen molar-refractivity contribution in [2.24, 2.45) is 5.92 Å². The number of hydrogen-bond acceptors (Lipinski definition) is 4. The highest BCUT2D eigenvalue weighted by molar-refractivity contribution is 6.33. The van der Waals surface area contributed by atoms with Gasteiger partial charge in [0, 0.05) is 45.1 Å². The number of halogens is 1. The number of nitrogens with zero attached hydrogens (tertiary/aromatic N) is 5. The first kappa shape index (κ1) is 13.9. The molecule has 1 atom stereocenters. The van der Waals surface area contributed by atoms with E-state index in [1.807, 2.05) is 25.5 Å². The van der Waals surface area contributed by atoms with Crippen molar-refractivity contribution >= 4 is 17.4 Å². The summed E-state index contributed by atoms with van der Waals surface area (Å²) < 4.78 is 2.22. The standard InChI is InChI=1S/C15H16ClN5/c1-20(15-13(16)6-12(7-17)8-19-15)9-11-2-3-14-18-4-5-21(14)10-11/h4-6,8,11H,2-3,9-10H2,1H3/t11-/m1/s1. The molecule has 0 amide bonds. The molecule has 1 aliphatic heterocycles. The summed E-state index contributed by atoms with van der Waals surface area (Å²) in [5.74, 6) is 2.45. The Kier molecular flexibility index (Phi) is 3.80. The van der Waals surface area contributed by atoms with Crippen LogP contribution in [-0.4, -0.2) is 28.1 Å². The zero-order valence-electron chi connectivity index (χ0n) is 11.8. The average molecular weight is 302 g/mol. The SMILES string of the molecule is CN(C[C@H]1CCc2nccn2C1)c1ncc(C#N)cc1Cl. The summed E-state index contributed by atoms with van der Waals surface area (Å²) in [6.07, 6.45) is 7.59. The van der Waals surface area contributed by atoms with Crippen molar-refractivity contribution < 1.29 is 0 Å². The van der Waals surface area contributed by atoms with Crippen molar-refractivity contribution in [3.05, 3.63) is 41.1 Å². The van der Waals surface area contributed by atoms with Gasteiger partial charge in [0.15, 0.2) is 0 Å². The van der Waals surface area contributed by atoms with Crippen LogP contribution in [0.15, 0.2) is 24.7 Å². The second kappa shape index (κ2) is 5.74. The highest BCUT2D eigenvalue weighted by Crippen LogP contribution is 2.26. The summed E-state index contributed by atoms with van der Waals surface area (Å²) in [5, 5.41) is 9.38. The molecule has 3 heterocycles. The third kappa shape index (κ3) is 2.86. The molecule has 3 rings (SSSR count). The van der Waals surface area contributed by atoms with Gasteiger partial charge in [-0.25, -0.2) is 9.97 Å². The maximum atomic E-state index is 8.85. The number of aromatic nitrogens is 3.